The standard InChI is InChI=1S/C16H19ClN2O5/c1-23-16(20)10-7-14(19(21)22)13(8-11(10)17)18-12-3-2-4-15-9(12)5-6-24-15/h7-9,12,15,18H,2-6H2,1H3. The summed E-state index contributed by atoms with van der Waals surface area (Å²) in [6, 6.07) is 2.71. The summed E-state index contributed by atoms with van der Waals surface area (Å²) in [5, 5.41) is 14.8. The number of halogens is 1. The fourth-order valence-corrected chi connectivity index (χ4v) is 3.89. The average Bonchev–Trinajstić information content (AvgIpc) is 3.03. The molecule has 3 atom stereocenters. The zero-order valence-electron chi connectivity index (χ0n) is 13.3. The van der Waals surface area contributed by atoms with Crippen LogP contribution in [0.2, 0.25) is 5.02 Å². The normalized spacial score (nSPS) is 25.8. The number of esters is 1. The van der Waals surface area contributed by atoms with Crippen LogP contribution in [-0.2, 0) is 9.47 Å². The molecule has 0 radical (unpaired) electrons. The lowest BCUT2D eigenvalue weighted by Crippen LogP contribution is -2.38. The van der Waals surface area contributed by atoms with Gasteiger partial charge in [0.25, 0.3) is 5.69 Å². The Kier molecular flexibility index (Phi) is 4.91. The molecule has 1 heterocycles. The number of anilines is 1. The first-order valence-electron chi connectivity index (χ1n) is 7.95. The maximum Gasteiger partial charge on any atom is 0.339 e. The largest absolute Gasteiger partial charge is 0.465 e. The molecule has 1 aromatic carbocycles. The third-order valence-electron chi connectivity index (χ3n) is 4.81. The molecule has 0 bridgehead atoms. The first kappa shape index (κ1) is 17.0. The van der Waals surface area contributed by atoms with Crippen LogP contribution in [0.15, 0.2) is 12.1 Å². The number of ether oxygens (including phenoxy) is 2. The van der Waals surface area contributed by atoms with Crippen molar-refractivity contribution in [1.29, 1.82) is 0 Å². The van der Waals surface area contributed by atoms with E-state index in [1.807, 2.05) is 0 Å². The minimum Gasteiger partial charge on any atom is -0.465 e. The molecule has 0 spiro atoms. The van der Waals surface area contributed by atoms with Gasteiger partial charge in [-0.3, -0.25) is 10.1 Å². The number of benzene rings is 1. The van der Waals surface area contributed by atoms with Crippen LogP contribution in [0.1, 0.15) is 36.0 Å². The first-order valence-corrected chi connectivity index (χ1v) is 8.33. The van der Waals surface area contributed by atoms with E-state index in [2.05, 4.69) is 10.1 Å². The van der Waals surface area contributed by atoms with Gasteiger partial charge in [-0.2, -0.15) is 0 Å². The Bertz CT molecular complexity index is 666. The summed E-state index contributed by atoms with van der Waals surface area (Å²) in [6.45, 7) is 0.734. The lowest BCUT2D eigenvalue weighted by Gasteiger charge is -2.33. The van der Waals surface area contributed by atoms with Gasteiger partial charge in [-0.15, -0.1) is 0 Å². The molecular weight excluding hydrogens is 336 g/mol. The van der Waals surface area contributed by atoms with E-state index in [0.29, 0.717) is 11.6 Å². The zero-order chi connectivity index (χ0) is 17.3. The lowest BCUT2D eigenvalue weighted by atomic mass is 9.81. The van der Waals surface area contributed by atoms with Crippen molar-refractivity contribution in [2.24, 2.45) is 5.92 Å². The van der Waals surface area contributed by atoms with E-state index in [0.717, 1.165) is 32.3 Å². The third kappa shape index (κ3) is 3.18. The summed E-state index contributed by atoms with van der Waals surface area (Å²) >= 11 is 6.12. The lowest BCUT2D eigenvalue weighted by molar-refractivity contribution is -0.384. The van der Waals surface area contributed by atoms with Crippen LogP contribution in [0.5, 0.6) is 0 Å². The second-order valence-electron chi connectivity index (χ2n) is 6.14. The fourth-order valence-electron chi connectivity index (χ4n) is 3.65. The van der Waals surface area contributed by atoms with Gasteiger partial charge in [0.05, 0.1) is 28.7 Å². The highest BCUT2D eigenvalue weighted by Crippen LogP contribution is 2.38. The van der Waals surface area contributed by atoms with Crippen molar-refractivity contribution >= 4 is 28.9 Å². The molecule has 1 aromatic rings. The minimum atomic E-state index is -0.698. The number of nitro benzene ring substituents is 1. The van der Waals surface area contributed by atoms with Crippen LogP contribution < -0.4 is 5.32 Å². The van der Waals surface area contributed by atoms with Gasteiger partial charge in [-0.1, -0.05) is 11.6 Å². The number of hydrogen-bond acceptors (Lipinski definition) is 6. The highest BCUT2D eigenvalue weighted by Gasteiger charge is 2.38. The van der Waals surface area contributed by atoms with Crippen LogP contribution in [-0.4, -0.2) is 36.8 Å². The summed E-state index contributed by atoms with van der Waals surface area (Å²) < 4.78 is 10.3. The van der Waals surface area contributed by atoms with Crippen molar-refractivity contribution in [2.75, 3.05) is 19.0 Å². The van der Waals surface area contributed by atoms with Gasteiger partial charge in [-0.05, 0) is 31.7 Å². The van der Waals surface area contributed by atoms with Crippen molar-refractivity contribution in [1.82, 2.24) is 0 Å². The van der Waals surface area contributed by atoms with Gasteiger partial charge in [0.1, 0.15) is 5.69 Å². The van der Waals surface area contributed by atoms with Gasteiger partial charge in [0.15, 0.2) is 0 Å². The maximum absolute atomic E-state index is 11.7. The van der Waals surface area contributed by atoms with Crippen LogP contribution in [0.4, 0.5) is 11.4 Å². The number of methoxy groups -OCH3 is 1. The Hall–Kier alpha value is -1.86. The number of carbonyl (C=O) groups is 1. The van der Waals surface area contributed by atoms with Crippen LogP contribution in [0, 0.1) is 16.0 Å². The van der Waals surface area contributed by atoms with E-state index in [4.69, 9.17) is 16.3 Å². The number of nitro groups is 1. The summed E-state index contributed by atoms with van der Waals surface area (Å²) in [4.78, 5) is 22.6. The molecule has 0 amide bonds. The molecule has 8 heteroatoms. The molecule has 2 fully saturated rings. The Morgan fingerprint density at radius 3 is 2.92 bits per heavy atom. The van der Waals surface area contributed by atoms with Crippen molar-refractivity contribution in [2.45, 2.75) is 37.8 Å². The van der Waals surface area contributed by atoms with Crippen molar-refractivity contribution in [3.05, 3.63) is 32.8 Å². The topological polar surface area (TPSA) is 90.7 Å². The second kappa shape index (κ2) is 6.94. The smallest absolute Gasteiger partial charge is 0.339 e. The molecule has 1 saturated carbocycles. The Balaban J connectivity index is 1.90. The Morgan fingerprint density at radius 1 is 1.42 bits per heavy atom. The van der Waals surface area contributed by atoms with E-state index < -0.39 is 10.9 Å². The van der Waals surface area contributed by atoms with E-state index in [-0.39, 0.29) is 28.4 Å². The van der Waals surface area contributed by atoms with E-state index in [9.17, 15) is 14.9 Å². The number of carbonyl (C=O) groups excluding carboxylic acids is 1. The number of hydrogen-bond donors (Lipinski definition) is 1. The third-order valence-corrected chi connectivity index (χ3v) is 5.12. The Labute approximate surface area is 144 Å². The van der Waals surface area contributed by atoms with Gasteiger partial charge in [0, 0.05) is 24.6 Å². The molecule has 3 unspecified atom stereocenters. The summed E-state index contributed by atoms with van der Waals surface area (Å²) in [5.41, 5.74) is 0.137. The number of nitrogens with zero attached hydrogens (tertiary/aromatic N) is 1. The molecule has 1 aliphatic heterocycles. The molecule has 1 saturated heterocycles. The molecule has 1 aliphatic carbocycles. The molecule has 0 aromatic heterocycles. The number of rotatable bonds is 4. The monoisotopic (exact) mass is 354 g/mol. The summed E-state index contributed by atoms with van der Waals surface area (Å²) in [5.74, 6) is -0.353. The first-order chi connectivity index (χ1) is 11.5. The maximum atomic E-state index is 11.7. The van der Waals surface area contributed by atoms with Gasteiger partial charge < -0.3 is 14.8 Å². The second-order valence-corrected chi connectivity index (χ2v) is 6.55. The predicted octanol–water partition coefficient (Wildman–Crippen LogP) is 3.40. The number of nitrogens with one attached hydrogen (secondary N) is 1. The van der Waals surface area contributed by atoms with E-state index in [1.165, 1.54) is 19.2 Å². The van der Waals surface area contributed by atoms with Gasteiger partial charge >= 0.3 is 5.97 Å². The molecular formula is C16H19ClN2O5. The van der Waals surface area contributed by atoms with Crippen molar-refractivity contribution in [3.8, 4) is 0 Å². The quantitative estimate of drug-likeness (QED) is 0.506. The van der Waals surface area contributed by atoms with Gasteiger partial charge in [0.2, 0.25) is 0 Å². The van der Waals surface area contributed by atoms with Crippen LogP contribution in [0.25, 0.3) is 0 Å². The summed E-state index contributed by atoms with van der Waals surface area (Å²) in [7, 11) is 1.21. The highest BCUT2D eigenvalue weighted by atomic mass is 35.5. The van der Waals surface area contributed by atoms with E-state index in [1.54, 1.807) is 0 Å². The molecule has 2 aliphatic rings. The number of fused-ring (bicyclic) bond motifs is 1. The van der Waals surface area contributed by atoms with Crippen molar-refractivity contribution < 1.29 is 19.2 Å². The van der Waals surface area contributed by atoms with E-state index >= 15 is 0 Å². The average molecular weight is 355 g/mol. The van der Waals surface area contributed by atoms with Crippen LogP contribution in [0.3, 0.4) is 0 Å². The summed E-state index contributed by atoms with van der Waals surface area (Å²) in [6.07, 6.45) is 4.15. The van der Waals surface area contributed by atoms with Crippen LogP contribution >= 0.6 is 11.6 Å². The molecule has 3 rings (SSSR count). The van der Waals surface area contributed by atoms with Crippen molar-refractivity contribution in [3.63, 3.8) is 0 Å². The predicted molar refractivity (Wildman–Crippen MR) is 88.6 cm³/mol. The SMILES string of the molecule is COC(=O)c1cc([N+](=O)[O-])c(NC2CCCC3OCCC23)cc1Cl. The fraction of sp³-hybridized carbons (Fsp3) is 0.562. The zero-order valence-corrected chi connectivity index (χ0v) is 14.0. The molecule has 24 heavy (non-hydrogen) atoms. The molecule has 1 N–H and O–H groups in total. The highest BCUT2D eigenvalue weighted by molar-refractivity contribution is 6.34. The van der Waals surface area contributed by atoms with Gasteiger partial charge in [-0.25, -0.2) is 4.79 Å². The minimum absolute atomic E-state index is 0.0119. The molecule has 7 nitrogen and oxygen atoms in total. The molecule has 130 valence electrons. The Morgan fingerprint density at radius 2 is 2.21 bits per heavy atom.